The minimum absolute atomic E-state index is 0.0448. The number of ether oxygens (including phenoxy) is 1. The Morgan fingerprint density at radius 2 is 1.66 bits per heavy atom. The van der Waals surface area contributed by atoms with Crippen LogP contribution in [0.2, 0.25) is 0 Å². The topological polar surface area (TPSA) is 101 Å². The quantitative estimate of drug-likeness (QED) is 0.716. The Bertz CT molecular complexity index is 658. The van der Waals surface area contributed by atoms with Crippen molar-refractivity contribution in [2.75, 3.05) is 26.2 Å². The third-order valence-corrected chi connectivity index (χ3v) is 5.39. The van der Waals surface area contributed by atoms with Crippen LogP contribution in [0.25, 0.3) is 0 Å². The van der Waals surface area contributed by atoms with Gasteiger partial charge in [0.2, 0.25) is 6.10 Å². The lowest BCUT2D eigenvalue weighted by Gasteiger charge is -2.36. The van der Waals surface area contributed by atoms with Gasteiger partial charge in [0.1, 0.15) is 5.60 Å². The van der Waals surface area contributed by atoms with E-state index in [-0.39, 0.29) is 30.1 Å². The molecule has 3 aliphatic rings. The number of urea groups is 1. The maximum atomic E-state index is 12.7. The Balaban J connectivity index is 1.42. The van der Waals surface area contributed by atoms with Crippen molar-refractivity contribution in [1.82, 2.24) is 15.1 Å². The maximum absolute atomic E-state index is 12.7. The first kappa shape index (κ1) is 21.4. The lowest BCUT2D eigenvalue weighted by Crippen LogP contribution is -2.56. The predicted molar refractivity (Wildman–Crippen MR) is 106 cm³/mol. The lowest BCUT2D eigenvalue weighted by atomic mass is 9.96. The van der Waals surface area contributed by atoms with E-state index in [0.29, 0.717) is 26.2 Å². The van der Waals surface area contributed by atoms with Gasteiger partial charge in [-0.3, -0.25) is 4.79 Å². The lowest BCUT2D eigenvalue weighted by molar-refractivity contribution is -0.146. The van der Waals surface area contributed by atoms with Gasteiger partial charge in [-0.15, -0.1) is 0 Å². The first-order valence-corrected chi connectivity index (χ1v) is 10.5. The monoisotopic (exact) mass is 408 g/mol. The highest BCUT2D eigenvalue weighted by Crippen LogP contribution is 2.19. The molecule has 9 nitrogen and oxygen atoms in total. The van der Waals surface area contributed by atoms with Crippen molar-refractivity contribution in [1.29, 1.82) is 0 Å². The number of nitrogens with one attached hydrogen (secondary N) is 1. The molecule has 9 heteroatoms. The van der Waals surface area contributed by atoms with E-state index in [9.17, 15) is 14.4 Å². The Kier molecular flexibility index (Phi) is 6.64. The molecule has 0 aromatic carbocycles. The zero-order chi connectivity index (χ0) is 21.0. The summed E-state index contributed by atoms with van der Waals surface area (Å²) in [4.78, 5) is 45.9. The Hall–Kier alpha value is -2.32. The number of piperazine rings is 1. The van der Waals surface area contributed by atoms with Gasteiger partial charge >= 0.3 is 12.0 Å². The number of oxime groups is 1. The molecule has 1 aliphatic carbocycles. The highest BCUT2D eigenvalue weighted by molar-refractivity contribution is 6.37. The molecular weight excluding hydrogens is 376 g/mol. The number of nitrogens with zero attached hydrogens (tertiary/aromatic N) is 3. The summed E-state index contributed by atoms with van der Waals surface area (Å²) in [5.41, 5.74) is -0.500. The fraction of sp³-hybridized carbons (Fsp3) is 0.800. The fourth-order valence-corrected chi connectivity index (χ4v) is 3.81. The summed E-state index contributed by atoms with van der Waals surface area (Å²) in [6.07, 6.45) is 4.97. The number of carbonyl (C=O) groups excluding carboxylic acids is 3. The molecule has 0 radical (unpaired) electrons. The fourth-order valence-electron chi connectivity index (χ4n) is 3.81. The summed E-state index contributed by atoms with van der Waals surface area (Å²) in [6.45, 7) is 7.17. The summed E-state index contributed by atoms with van der Waals surface area (Å²) >= 11 is 0. The minimum Gasteiger partial charge on any atom is -0.455 e. The number of esters is 1. The number of carbonyl (C=O) groups is 3. The Labute approximate surface area is 171 Å². The summed E-state index contributed by atoms with van der Waals surface area (Å²) in [6, 6.07) is 0.225. The number of hydrogen-bond acceptors (Lipinski definition) is 6. The van der Waals surface area contributed by atoms with E-state index in [0.717, 1.165) is 12.8 Å². The van der Waals surface area contributed by atoms with Crippen LogP contribution in [-0.2, 0) is 19.2 Å². The molecule has 1 saturated heterocycles. The van der Waals surface area contributed by atoms with E-state index in [1.54, 1.807) is 30.6 Å². The maximum Gasteiger partial charge on any atom is 0.356 e. The second kappa shape index (κ2) is 9.00. The Morgan fingerprint density at radius 3 is 2.28 bits per heavy atom. The van der Waals surface area contributed by atoms with Gasteiger partial charge in [0.15, 0.2) is 5.71 Å². The zero-order valence-corrected chi connectivity index (χ0v) is 17.6. The third-order valence-electron chi connectivity index (χ3n) is 5.39. The first-order chi connectivity index (χ1) is 13.7. The summed E-state index contributed by atoms with van der Waals surface area (Å²) < 4.78 is 5.27. The highest BCUT2D eigenvalue weighted by Gasteiger charge is 2.37. The average molecular weight is 408 g/mol. The second-order valence-electron chi connectivity index (χ2n) is 8.93. The molecule has 1 N–H and O–H groups in total. The molecule has 29 heavy (non-hydrogen) atoms. The van der Waals surface area contributed by atoms with E-state index in [1.165, 1.54) is 19.3 Å². The van der Waals surface area contributed by atoms with Gasteiger partial charge in [-0.25, -0.2) is 9.59 Å². The SMILES string of the molecule is CC(C)(C)OC(=O)C1=NO[C@H](C(=O)N2CCN(C(=O)NC3CCCCC3)CC2)C1. The van der Waals surface area contributed by atoms with E-state index < -0.39 is 17.7 Å². The van der Waals surface area contributed by atoms with Gasteiger partial charge in [0, 0.05) is 38.6 Å². The summed E-state index contributed by atoms with van der Waals surface area (Å²) in [7, 11) is 0. The van der Waals surface area contributed by atoms with E-state index in [2.05, 4.69) is 10.5 Å². The molecule has 1 saturated carbocycles. The molecule has 0 aromatic heterocycles. The molecule has 3 amide bonds. The molecule has 162 valence electrons. The first-order valence-electron chi connectivity index (χ1n) is 10.5. The van der Waals surface area contributed by atoms with Crippen LogP contribution in [0.15, 0.2) is 5.16 Å². The second-order valence-corrected chi connectivity index (χ2v) is 8.93. The molecule has 2 aliphatic heterocycles. The third kappa shape index (κ3) is 5.83. The van der Waals surface area contributed by atoms with Gasteiger partial charge in [0.25, 0.3) is 5.91 Å². The zero-order valence-electron chi connectivity index (χ0n) is 17.6. The van der Waals surface area contributed by atoms with Crippen LogP contribution in [-0.4, -0.2) is 77.3 Å². The van der Waals surface area contributed by atoms with Crippen LogP contribution in [0.5, 0.6) is 0 Å². The van der Waals surface area contributed by atoms with Gasteiger partial charge in [0.05, 0.1) is 0 Å². The van der Waals surface area contributed by atoms with Gasteiger partial charge in [-0.1, -0.05) is 24.4 Å². The van der Waals surface area contributed by atoms with E-state index in [1.807, 2.05) is 0 Å². The minimum atomic E-state index is -0.805. The van der Waals surface area contributed by atoms with Crippen LogP contribution in [0, 0.1) is 0 Å². The van der Waals surface area contributed by atoms with Crippen LogP contribution >= 0.6 is 0 Å². The van der Waals surface area contributed by atoms with Crippen molar-refractivity contribution >= 4 is 23.6 Å². The summed E-state index contributed by atoms with van der Waals surface area (Å²) in [5, 5.41) is 6.86. The molecule has 3 rings (SSSR count). The predicted octanol–water partition coefficient (Wildman–Crippen LogP) is 1.66. The normalized spacial score (nSPS) is 23.3. The van der Waals surface area contributed by atoms with E-state index >= 15 is 0 Å². The van der Waals surface area contributed by atoms with Crippen molar-refractivity contribution < 1.29 is 24.0 Å². The molecular formula is C20H32N4O5. The van der Waals surface area contributed by atoms with Crippen LogP contribution in [0.3, 0.4) is 0 Å². The van der Waals surface area contributed by atoms with Crippen LogP contribution in [0.4, 0.5) is 4.79 Å². The smallest absolute Gasteiger partial charge is 0.356 e. The molecule has 0 aromatic rings. The molecule has 2 fully saturated rings. The van der Waals surface area contributed by atoms with Crippen LogP contribution < -0.4 is 5.32 Å². The number of hydrogen-bond donors (Lipinski definition) is 1. The summed E-state index contributed by atoms with van der Waals surface area (Å²) in [5.74, 6) is -0.767. The molecule has 0 bridgehead atoms. The molecule has 2 heterocycles. The van der Waals surface area contributed by atoms with Gasteiger partial charge in [-0.2, -0.15) is 0 Å². The largest absolute Gasteiger partial charge is 0.455 e. The van der Waals surface area contributed by atoms with Crippen molar-refractivity contribution in [2.24, 2.45) is 5.16 Å². The number of rotatable bonds is 3. The van der Waals surface area contributed by atoms with Crippen LogP contribution in [0.1, 0.15) is 59.3 Å². The highest BCUT2D eigenvalue weighted by atomic mass is 16.7. The molecule has 0 spiro atoms. The van der Waals surface area contributed by atoms with Crippen molar-refractivity contribution in [3.63, 3.8) is 0 Å². The van der Waals surface area contributed by atoms with Crippen molar-refractivity contribution in [2.45, 2.75) is 77.0 Å². The van der Waals surface area contributed by atoms with Gasteiger partial charge in [-0.05, 0) is 33.6 Å². The van der Waals surface area contributed by atoms with Crippen molar-refractivity contribution in [3.05, 3.63) is 0 Å². The molecule has 0 unspecified atom stereocenters. The molecule has 1 atom stereocenters. The standard InChI is InChI=1S/C20H32N4O5/c1-20(2,3)28-18(26)15-13-16(29-22-15)17(25)23-9-11-24(12-10-23)19(27)21-14-7-5-4-6-8-14/h14,16H,4-13H2,1-3H3,(H,21,27)/t16-/m0/s1. The van der Waals surface area contributed by atoms with Gasteiger partial charge < -0.3 is 24.7 Å². The van der Waals surface area contributed by atoms with Crippen molar-refractivity contribution in [3.8, 4) is 0 Å². The average Bonchev–Trinajstić information content (AvgIpc) is 3.17. The number of amides is 3. The Morgan fingerprint density at radius 1 is 1.03 bits per heavy atom. The van der Waals surface area contributed by atoms with E-state index in [4.69, 9.17) is 9.57 Å².